The van der Waals surface area contributed by atoms with E-state index in [1.165, 1.54) is 12.1 Å². The first-order chi connectivity index (χ1) is 9.67. The third-order valence-corrected chi connectivity index (χ3v) is 3.50. The van der Waals surface area contributed by atoms with Gasteiger partial charge in [-0.1, -0.05) is 12.1 Å². The fraction of sp³-hybridized carbons (Fsp3) is 0.250. The van der Waals surface area contributed by atoms with E-state index in [1.807, 2.05) is 24.3 Å². The molecule has 0 fully saturated rings. The topological polar surface area (TPSA) is 38.7 Å². The summed E-state index contributed by atoms with van der Waals surface area (Å²) < 4.78 is 24.3. The standard InChI is InChI=1S/C16H15FO3/c1-19-12-4-2-3-10(7-12)16-9-14(18)13-8-11(17)5-6-15(13)20-16/h2-8,14,16,18H,9H2,1H3/t14-,16?/m0/s1. The summed E-state index contributed by atoms with van der Waals surface area (Å²) in [5.74, 6) is 0.898. The Bertz CT molecular complexity index is 627. The third-order valence-electron chi connectivity index (χ3n) is 3.50. The zero-order valence-corrected chi connectivity index (χ0v) is 11.0. The Kier molecular flexibility index (Phi) is 3.32. The minimum atomic E-state index is -0.731. The van der Waals surface area contributed by atoms with Crippen LogP contribution >= 0.6 is 0 Å². The quantitative estimate of drug-likeness (QED) is 0.912. The lowest BCUT2D eigenvalue weighted by molar-refractivity contribution is 0.0652. The maximum Gasteiger partial charge on any atom is 0.127 e. The molecule has 0 saturated heterocycles. The van der Waals surface area contributed by atoms with Crippen molar-refractivity contribution < 1.29 is 19.0 Å². The molecule has 20 heavy (non-hydrogen) atoms. The molecule has 104 valence electrons. The molecule has 1 heterocycles. The van der Waals surface area contributed by atoms with Crippen LogP contribution in [0, 0.1) is 5.82 Å². The SMILES string of the molecule is COc1cccc(C2C[C@H](O)c3cc(F)ccc3O2)c1. The molecule has 0 aliphatic carbocycles. The number of benzene rings is 2. The van der Waals surface area contributed by atoms with Crippen molar-refractivity contribution in [3.05, 3.63) is 59.4 Å². The van der Waals surface area contributed by atoms with Gasteiger partial charge < -0.3 is 14.6 Å². The largest absolute Gasteiger partial charge is 0.497 e. The zero-order chi connectivity index (χ0) is 14.1. The van der Waals surface area contributed by atoms with Gasteiger partial charge in [0.2, 0.25) is 0 Å². The van der Waals surface area contributed by atoms with Crippen LogP contribution < -0.4 is 9.47 Å². The summed E-state index contributed by atoms with van der Waals surface area (Å²) in [7, 11) is 1.60. The maximum absolute atomic E-state index is 13.2. The van der Waals surface area contributed by atoms with E-state index in [0.29, 0.717) is 17.7 Å². The zero-order valence-electron chi connectivity index (χ0n) is 11.0. The highest BCUT2D eigenvalue weighted by Crippen LogP contribution is 2.41. The molecule has 1 N–H and O–H groups in total. The number of hydrogen-bond acceptors (Lipinski definition) is 3. The molecule has 0 saturated carbocycles. The molecular weight excluding hydrogens is 259 g/mol. The van der Waals surface area contributed by atoms with Crippen molar-refractivity contribution >= 4 is 0 Å². The number of aliphatic hydroxyl groups is 1. The number of methoxy groups -OCH3 is 1. The van der Waals surface area contributed by atoms with Gasteiger partial charge in [-0.2, -0.15) is 0 Å². The van der Waals surface area contributed by atoms with Crippen LogP contribution in [0.2, 0.25) is 0 Å². The predicted octanol–water partition coefficient (Wildman–Crippen LogP) is 3.39. The lowest BCUT2D eigenvalue weighted by Gasteiger charge is -2.30. The minimum Gasteiger partial charge on any atom is -0.497 e. The lowest BCUT2D eigenvalue weighted by atomic mass is 9.95. The van der Waals surface area contributed by atoms with Crippen molar-refractivity contribution in [2.24, 2.45) is 0 Å². The number of rotatable bonds is 2. The van der Waals surface area contributed by atoms with Crippen LogP contribution in [0.25, 0.3) is 0 Å². The van der Waals surface area contributed by atoms with Crippen LogP contribution in [-0.2, 0) is 0 Å². The molecule has 0 bridgehead atoms. The molecule has 1 aliphatic rings. The van der Waals surface area contributed by atoms with E-state index in [0.717, 1.165) is 11.3 Å². The Labute approximate surface area is 116 Å². The second-order valence-corrected chi connectivity index (χ2v) is 4.82. The summed E-state index contributed by atoms with van der Waals surface area (Å²) in [6.07, 6.45) is -0.604. The minimum absolute atomic E-state index is 0.266. The van der Waals surface area contributed by atoms with Gasteiger partial charge in [-0.15, -0.1) is 0 Å². The second-order valence-electron chi connectivity index (χ2n) is 4.82. The van der Waals surface area contributed by atoms with Crippen LogP contribution in [0.1, 0.15) is 29.8 Å². The molecule has 0 aromatic heterocycles. The molecule has 1 aliphatic heterocycles. The van der Waals surface area contributed by atoms with Gasteiger partial charge in [0.15, 0.2) is 0 Å². The lowest BCUT2D eigenvalue weighted by Crippen LogP contribution is -2.19. The van der Waals surface area contributed by atoms with Crippen molar-refractivity contribution in [3.63, 3.8) is 0 Å². The molecule has 3 rings (SSSR count). The van der Waals surface area contributed by atoms with Gasteiger partial charge in [0.25, 0.3) is 0 Å². The van der Waals surface area contributed by atoms with Crippen molar-refractivity contribution in [1.29, 1.82) is 0 Å². The monoisotopic (exact) mass is 274 g/mol. The average Bonchev–Trinajstić information content (AvgIpc) is 2.48. The van der Waals surface area contributed by atoms with Gasteiger partial charge in [0, 0.05) is 12.0 Å². The third kappa shape index (κ3) is 2.34. The molecule has 0 radical (unpaired) electrons. The Morgan fingerprint density at radius 2 is 2.10 bits per heavy atom. The van der Waals surface area contributed by atoms with Crippen LogP contribution in [0.3, 0.4) is 0 Å². The molecule has 2 atom stereocenters. The summed E-state index contributed by atoms with van der Waals surface area (Å²) >= 11 is 0. The fourth-order valence-electron chi connectivity index (χ4n) is 2.46. The van der Waals surface area contributed by atoms with E-state index in [-0.39, 0.29) is 11.9 Å². The summed E-state index contributed by atoms with van der Waals surface area (Å²) in [5, 5.41) is 10.2. The first-order valence-electron chi connectivity index (χ1n) is 6.45. The predicted molar refractivity (Wildman–Crippen MR) is 72.3 cm³/mol. The van der Waals surface area contributed by atoms with Crippen LogP contribution in [-0.4, -0.2) is 12.2 Å². The molecule has 0 amide bonds. The van der Waals surface area contributed by atoms with Crippen molar-refractivity contribution in [2.45, 2.75) is 18.6 Å². The second kappa shape index (κ2) is 5.13. The highest BCUT2D eigenvalue weighted by atomic mass is 19.1. The smallest absolute Gasteiger partial charge is 0.127 e. The summed E-state index contributed by atoms with van der Waals surface area (Å²) in [4.78, 5) is 0. The molecule has 0 spiro atoms. The van der Waals surface area contributed by atoms with E-state index in [4.69, 9.17) is 9.47 Å². The van der Waals surface area contributed by atoms with Crippen LogP contribution in [0.15, 0.2) is 42.5 Å². The van der Waals surface area contributed by atoms with Crippen molar-refractivity contribution in [3.8, 4) is 11.5 Å². The van der Waals surface area contributed by atoms with Gasteiger partial charge in [0.05, 0.1) is 13.2 Å². The molecule has 3 nitrogen and oxygen atoms in total. The van der Waals surface area contributed by atoms with E-state index < -0.39 is 6.10 Å². The number of ether oxygens (including phenoxy) is 2. The first-order valence-corrected chi connectivity index (χ1v) is 6.45. The summed E-state index contributed by atoms with van der Waals surface area (Å²) in [5.41, 5.74) is 1.43. The normalized spacial score (nSPS) is 20.9. The van der Waals surface area contributed by atoms with Crippen molar-refractivity contribution in [2.75, 3.05) is 7.11 Å². The molecule has 4 heteroatoms. The number of aliphatic hydroxyl groups excluding tert-OH is 1. The van der Waals surface area contributed by atoms with Gasteiger partial charge in [-0.05, 0) is 35.9 Å². The number of hydrogen-bond donors (Lipinski definition) is 1. The Morgan fingerprint density at radius 1 is 1.25 bits per heavy atom. The van der Waals surface area contributed by atoms with Crippen LogP contribution in [0.4, 0.5) is 4.39 Å². The molecule has 2 aromatic rings. The summed E-state index contributed by atoms with van der Waals surface area (Å²) in [6.45, 7) is 0. The Morgan fingerprint density at radius 3 is 2.90 bits per heavy atom. The Balaban J connectivity index is 1.92. The first kappa shape index (κ1) is 12.9. The van der Waals surface area contributed by atoms with Gasteiger partial charge >= 0.3 is 0 Å². The van der Waals surface area contributed by atoms with Gasteiger partial charge in [0.1, 0.15) is 23.4 Å². The van der Waals surface area contributed by atoms with Gasteiger partial charge in [-0.25, -0.2) is 4.39 Å². The number of halogens is 1. The number of fused-ring (bicyclic) bond motifs is 1. The summed E-state index contributed by atoms with van der Waals surface area (Å²) in [6, 6.07) is 11.7. The highest BCUT2D eigenvalue weighted by Gasteiger charge is 2.28. The van der Waals surface area contributed by atoms with E-state index in [2.05, 4.69) is 0 Å². The Hall–Kier alpha value is -2.07. The van der Waals surface area contributed by atoms with Crippen LogP contribution in [0.5, 0.6) is 11.5 Å². The van der Waals surface area contributed by atoms with E-state index >= 15 is 0 Å². The average molecular weight is 274 g/mol. The fourth-order valence-corrected chi connectivity index (χ4v) is 2.46. The van der Waals surface area contributed by atoms with E-state index in [9.17, 15) is 9.50 Å². The van der Waals surface area contributed by atoms with E-state index in [1.54, 1.807) is 13.2 Å². The highest BCUT2D eigenvalue weighted by molar-refractivity contribution is 5.39. The maximum atomic E-state index is 13.2. The van der Waals surface area contributed by atoms with Crippen molar-refractivity contribution in [1.82, 2.24) is 0 Å². The van der Waals surface area contributed by atoms with Gasteiger partial charge in [-0.3, -0.25) is 0 Å². The molecule has 1 unspecified atom stereocenters. The molecule has 2 aromatic carbocycles. The molecular formula is C16H15FO3.